The van der Waals surface area contributed by atoms with Crippen LogP contribution in [0.3, 0.4) is 0 Å². The van der Waals surface area contributed by atoms with Crippen LogP contribution in [0, 0.1) is 0 Å². The molecule has 164 valence electrons. The zero-order valence-corrected chi connectivity index (χ0v) is 17.8. The standard InChI is InChI=1S/C22H28N6O3/c1-30-17-7-8-19-15(13-17)14-18(22(29)23-19)20(27-9-11-31-12-10-27)21-24-25-26-28(21)16-5-3-2-4-6-16/h7-8,13-14,16,20H,2-6,9-12H2,1H3,(H,23,29)/p+1/t20-/m0/s1. The molecule has 0 bridgehead atoms. The molecular formula is C22H29N6O3+. The Kier molecular flexibility index (Phi) is 5.69. The van der Waals surface area contributed by atoms with Gasteiger partial charge in [-0.15, -0.1) is 5.10 Å². The number of rotatable bonds is 5. The summed E-state index contributed by atoms with van der Waals surface area (Å²) in [6, 6.07) is 7.70. The minimum absolute atomic E-state index is 0.0974. The van der Waals surface area contributed by atoms with Crippen LogP contribution in [0.1, 0.15) is 55.6 Å². The van der Waals surface area contributed by atoms with Crippen LogP contribution < -0.4 is 15.2 Å². The SMILES string of the molecule is COc1ccc2[nH]c(=O)c([C@@H](c3nnnn3C3CCCCC3)[NH+]3CCOCC3)cc2c1. The zero-order chi connectivity index (χ0) is 21.2. The molecule has 1 saturated heterocycles. The lowest BCUT2D eigenvalue weighted by molar-refractivity contribution is -0.933. The first-order valence-electron chi connectivity index (χ1n) is 11.2. The van der Waals surface area contributed by atoms with Crippen LogP contribution in [0.4, 0.5) is 0 Å². The molecule has 1 atom stereocenters. The number of methoxy groups -OCH3 is 1. The van der Waals surface area contributed by atoms with Gasteiger partial charge in [-0.2, -0.15) is 0 Å². The highest BCUT2D eigenvalue weighted by molar-refractivity contribution is 5.80. The number of fused-ring (bicyclic) bond motifs is 1. The Bertz CT molecular complexity index is 1100. The number of tetrazole rings is 1. The smallest absolute Gasteiger partial charge is 0.258 e. The summed E-state index contributed by atoms with van der Waals surface area (Å²) in [7, 11) is 1.65. The first-order chi connectivity index (χ1) is 15.2. The second kappa shape index (κ2) is 8.76. The van der Waals surface area contributed by atoms with Crippen molar-refractivity contribution in [2.24, 2.45) is 0 Å². The van der Waals surface area contributed by atoms with Gasteiger partial charge in [0.05, 0.1) is 31.9 Å². The summed E-state index contributed by atoms with van der Waals surface area (Å²) in [6.07, 6.45) is 5.80. The highest BCUT2D eigenvalue weighted by atomic mass is 16.5. The van der Waals surface area contributed by atoms with E-state index in [0.717, 1.165) is 48.4 Å². The molecule has 2 N–H and O–H groups in total. The number of nitrogens with one attached hydrogen (secondary N) is 2. The van der Waals surface area contributed by atoms with Crippen molar-refractivity contribution in [1.82, 2.24) is 25.2 Å². The number of hydrogen-bond acceptors (Lipinski definition) is 6. The number of aromatic amines is 1. The second-order valence-electron chi connectivity index (χ2n) is 8.48. The second-order valence-corrected chi connectivity index (χ2v) is 8.48. The number of quaternary nitrogens is 1. The molecule has 0 amide bonds. The summed E-state index contributed by atoms with van der Waals surface area (Å²) in [5.41, 5.74) is 1.38. The summed E-state index contributed by atoms with van der Waals surface area (Å²) in [6.45, 7) is 2.93. The number of nitrogens with zero attached hydrogens (tertiary/aromatic N) is 4. The molecule has 1 saturated carbocycles. The lowest BCUT2D eigenvalue weighted by Gasteiger charge is -2.32. The number of hydrogen-bond donors (Lipinski definition) is 2. The van der Waals surface area contributed by atoms with Crippen molar-refractivity contribution in [3.05, 3.63) is 46.0 Å². The van der Waals surface area contributed by atoms with Crippen LogP contribution in [0.5, 0.6) is 5.75 Å². The van der Waals surface area contributed by atoms with Gasteiger partial charge in [-0.3, -0.25) is 4.79 Å². The first-order valence-corrected chi connectivity index (χ1v) is 11.2. The molecular weight excluding hydrogens is 396 g/mol. The van der Waals surface area contributed by atoms with Crippen LogP contribution in [0.2, 0.25) is 0 Å². The third-order valence-electron chi connectivity index (χ3n) is 6.63. The molecule has 3 heterocycles. The molecule has 1 aromatic carbocycles. The minimum atomic E-state index is -0.250. The lowest BCUT2D eigenvalue weighted by atomic mass is 9.95. The van der Waals surface area contributed by atoms with Gasteiger partial charge in [-0.1, -0.05) is 19.3 Å². The summed E-state index contributed by atoms with van der Waals surface area (Å²) in [5, 5.41) is 13.8. The molecule has 0 unspecified atom stereocenters. The number of pyridine rings is 1. The Balaban J connectivity index is 1.63. The van der Waals surface area contributed by atoms with Crippen molar-refractivity contribution in [2.45, 2.75) is 44.2 Å². The fourth-order valence-electron chi connectivity index (χ4n) is 4.98. The maximum atomic E-state index is 13.2. The van der Waals surface area contributed by atoms with Crippen LogP contribution in [0.25, 0.3) is 10.9 Å². The van der Waals surface area contributed by atoms with E-state index in [0.29, 0.717) is 24.8 Å². The molecule has 0 radical (unpaired) electrons. The van der Waals surface area contributed by atoms with E-state index in [2.05, 4.69) is 20.5 Å². The molecule has 3 aromatic rings. The van der Waals surface area contributed by atoms with Crippen molar-refractivity contribution in [3.8, 4) is 5.75 Å². The fraction of sp³-hybridized carbons (Fsp3) is 0.545. The van der Waals surface area contributed by atoms with Crippen LogP contribution in [0.15, 0.2) is 29.1 Å². The molecule has 5 rings (SSSR count). The van der Waals surface area contributed by atoms with Gasteiger partial charge in [0, 0.05) is 10.9 Å². The zero-order valence-electron chi connectivity index (χ0n) is 17.8. The summed E-state index contributed by atoms with van der Waals surface area (Å²) in [4.78, 5) is 17.6. The highest BCUT2D eigenvalue weighted by Crippen LogP contribution is 2.30. The van der Waals surface area contributed by atoms with E-state index in [1.165, 1.54) is 24.2 Å². The van der Waals surface area contributed by atoms with Crippen molar-refractivity contribution < 1.29 is 14.4 Å². The van der Waals surface area contributed by atoms with Gasteiger partial charge in [0.1, 0.15) is 18.8 Å². The Morgan fingerprint density at radius 2 is 2.00 bits per heavy atom. The lowest BCUT2D eigenvalue weighted by Crippen LogP contribution is -3.14. The molecule has 0 spiro atoms. The largest absolute Gasteiger partial charge is 0.497 e. The van der Waals surface area contributed by atoms with E-state index in [1.807, 2.05) is 28.9 Å². The Labute approximate surface area is 180 Å². The Hall–Kier alpha value is -2.78. The van der Waals surface area contributed by atoms with Gasteiger partial charge < -0.3 is 19.4 Å². The van der Waals surface area contributed by atoms with Crippen LogP contribution in [-0.2, 0) is 4.74 Å². The van der Waals surface area contributed by atoms with Crippen molar-refractivity contribution in [2.75, 3.05) is 33.4 Å². The number of ether oxygens (including phenoxy) is 2. The van der Waals surface area contributed by atoms with Crippen molar-refractivity contribution in [1.29, 1.82) is 0 Å². The summed E-state index contributed by atoms with van der Waals surface area (Å²) < 4.78 is 13.0. The van der Waals surface area contributed by atoms with Gasteiger partial charge in [-0.25, -0.2) is 4.68 Å². The quantitative estimate of drug-likeness (QED) is 0.634. The van der Waals surface area contributed by atoms with Crippen molar-refractivity contribution >= 4 is 10.9 Å². The summed E-state index contributed by atoms with van der Waals surface area (Å²) >= 11 is 0. The Morgan fingerprint density at radius 3 is 2.77 bits per heavy atom. The van der Waals surface area contributed by atoms with Gasteiger partial charge in [-0.05, 0) is 47.5 Å². The average Bonchev–Trinajstić information content (AvgIpc) is 3.30. The molecule has 9 heteroatoms. The molecule has 31 heavy (non-hydrogen) atoms. The van der Waals surface area contributed by atoms with Crippen molar-refractivity contribution in [3.63, 3.8) is 0 Å². The average molecular weight is 426 g/mol. The molecule has 2 aliphatic rings. The van der Waals surface area contributed by atoms with E-state index < -0.39 is 0 Å². The van der Waals surface area contributed by atoms with Gasteiger partial charge in [0.25, 0.3) is 5.56 Å². The molecule has 1 aliphatic carbocycles. The molecule has 2 aromatic heterocycles. The van der Waals surface area contributed by atoms with E-state index >= 15 is 0 Å². The van der Waals surface area contributed by atoms with Crippen LogP contribution >= 0.6 is 0 Å². The normalized spacial score (nSPS) is 19.5. The molecule has 2 fully saturated rings. The van der Waals surface area contributed by atoms with E-state index in [4.69, 9.17) is 9.47 Å². The monoisotopic (exact) mass is 425 g/mol. The van der Waals surface area contributed by atoms with Crippen LogP contribution in [-0.4, -0.2) is 58.6 Å². The molecule has 9 nitrogen and oxygen atoms in total. The third kappa shape index (κ3) is 3.95. The van der Waals surface area contributed by atoms with E-state index in [9.17, 15) is 4.79 Å². The Morgan fingerprint density at radius 1 is 1.19 bits per heavy atom. The topological polar surface area (TPSA) is 99.4 Å². The fourth-order valence-corrected chi connectivity index (χ4v) is 4.98. The van der Waals surface area contributed by atoms with Gasteiger partial charge in [0.2, 0.25) is 5.82 Å². The van der Waals surface area contributed by atoms with Gasteiger partial charge >= 0.3 is 0 Å². The number of aromatic nitrogens is 5. The maximum Gasteiger partial charge on any atom is 0.258 e. The third-order valence-corrected chi connectivity index (χ3v) is 6.63. The molecule has 1 aliphatic heterocycles. The maximum absolute atomic E-state index is 13.2. The first kappa shape index (κ1) is 20.1. The predicted molar refractivity (Wildman–Crippen MR) is 114 cm³/mol. The van der Waals surface area contributed by atoms with E-state index in [1.54, 1.807) is 7.11 Å². The van der Waals surface area contributed by atoms with Gasteiger partial charge in [0.15, 0.2) is 6.04 Å². The number of H-pyrrole nitrogens is 1. The summed E-state index contributed by atoms with van der Waals surface area (Å²) in [5.74, 6) is 1.53. The minimum Gasteiger partial charge on any atom is -0.497 e. The predicted octanol–water partition coefficient (Wildman–Crippen LogP) is 1.03. The highest BCUT2D eigenvalue weighted by Gasteiger charge is 2.36. The number of benzene rings is 1. The van der Waals surface area contributed by atoms with E-state index in [-0.39, 0.29) is 11.6 Å². The number of morpholine rings is 1.